The Bertz CT molecular complexity index is 586. The molecule has 0 spiro atoms. The normalized spacial score (nSPS) is 18.0. The fourth-order valence-electron chi connectivity index (χ4n) is 3.25. The number of benzene rings is 1. The molecule has 21 heavy (non-hydrogen) atoms. The minimum Gasteiger partial charge on any atom is -0.333 e. The molecule has 112 valence electrons. The highest BCUT2D eigenvalue weighted by atomic mass is 15.1. The van der Waals surface area contributed by atoms with Gasteiger partial charge in [-0.1, -0.05) is 38.1 Å². The molecular weight excluding hydrogens is 258 g/mol. The van der Waals surface area contributed by atoms with Crippen molar-refractivity contribution in [2.24, 2.45) is 0 Å². The van der Waals surface area contributed by atoms with E-state index in [0.717, 1.165) is 18.9 Å². The van der Waals surface area contributed by atoms with Crippen LogP contribution >= 0.6 is 0 Å². The van der Waals surface area contributed by atoms with E-state index in [1.54, 1.807) is 5.56 Å². The molecule has 0 bridgehead atoms. The molecule has 0 saturated carbocycles. The number of hydrogen-bond acceptors (Lipinski definition) is 2. The van der Waals surface area contributed by atoms with Crippen LogP contribution in [0.4, 0.5) is 0 Å². The Labute approximate surface area is 127 Å². The minimum absolute atomic E-state index is 0.491. The van der Waals surface area contributed by atoms with Gasteiger partial charge in [-0.3, -0.25) is 0 Å². The zero-order valence-electron chi connectivity index (χ0n) is 13.0. The predicted octanol–water partition coefficient (Wildman–Crippen LogP) is 3.50. The highest BCUT2D eigenvalue weighted by Crippen LogP contribution is 2.32. The first-order valence-corrected chi connectivity index (χ1v) is 8.05. The summed E-state index contributed by atoms with van der Waals surface area (Å²) in [5, 5.41) is 3.46. The van der Waals surface area contributed by atoms with Crippen molar-refractivity contribution >= 4 is 0 Å². The molecule has 3 nitrogen and oxygen atoms in total. The van der Waals surface area contributed by atoms with E-state index >= 15 is 0 Å². The zero-order chi connectivity index (χ0) is 14.7. The number of aromatic nitrogens is 2. The maximum Gasteiger partial charge on any atom is 0.122 e. The van der Waals surface area contributed by atoms with Crippen molar-refractivity contribution < 1.29 is 0 Å². The second kappa shape index (κ2) is 6.44. The molecule has 0 saturated heterocycles. The Morgan fingerprint density at radius 3 is 3.05 bits per heavy atom. The fourth-order valence-corrected chi connectivity index (χ4v) is 3.25. The summed E-state index contributed by atoms with van der Waals surface area (Å²) >= 11 is 0. The number of hydrogen-bond donors (Lipinski definition) is 1. The van der Waals surface area contributed by atoms with Gasteiger partial charge >= 0.3 is 0 Å². The Hall–Kier alpha value is -1.61. The third-order valence-corrected chi connectivity index (χ3v) is 4.38. The van der Waals surface area contributed by atoms with Crippen LogP contribution in [0, 0.1) is 0 Å². The van der Waals surface area contributed by atoms with Crippen LogP contribution in [0.5, 0.6) is 0 Å². The number of nitrogens with zero attached hydrogens (tertiary/aromatic N) is 2. The van der Waals surface area contributed by atoms with Crippen molar-refractivity contribution in [2.45, 2.75) is 58.2 Å². The molecule has 2 aromatic rings. The standard InChI is InChI=1S/C18H25N3/c1-14(2)20-12-18-19-10-11-21(18)13-16-8-5-7-15-6-3-4-9-17(15)16/h3-4,6,9-11,14,16,20H,5,7-8,12-13H2,1-2H3. The quantitative estimate of drug-likeness (QED) is 0.910. The smallest absolute Gasteiger partial charge is 0.122 e. The third kappa shape index (κ3) is 3.35. The van der Waals surface area contributed by atoms with Crippen LogP contribution in [0.1, 0.15) is 49.6 Å². The molecule has 1 aliphatic rings. The van der Waals surface area contributed by atoms with Gasteiger partial charge in [0, 0.05) is 30.9 Å². The molecule has 1 atom stereocenters. The van der Waals surface area contributed by atoms with Crippen LogP contribution in [0.15, 0.2) is 36.7 Å². The van der Waals surface area contributed by atoms with Gasteiger partial charge in [0.25, 0.3) is 0 Å². The second-order valence-corrected chi connectivity index (χ2v) is 6.32. The lowest BCUT2D eigenvalue weighted by atomic mass is 9.83. The van der Waals surface area contributed by atoms with Crippen molar-refractivity contribution in [3.05, 3.63) is 53.6 Å². The van der Waals surface area contributed by atoms with Crippen molar-refractivity contribution in [1.82, 2.24) is 14.9 Å². The van der Waals surface area contributed by atoms with Gasteiger partial charge in [0.15, 0.2) is 0 Å². The van der Waals surface area contributed by atoms with E-state index in [1.807, 2.05) is 6.20 Å². The molecule has 0 radical (unpaired) electrons. The van der Waals surface area contributed by atoms with Crippen LogP contribution in [0.2, 0.25) is 0 Å². The molecule has 3 heteroatoms. The second-order valence-electron chi connectivity index (χ2n) is 6.32. The molecule has 1 aromatic carbocycles. The maximum atomic E-state index is 4.51. The van der Waals surface area contributed by atoms with Crippen LogP contribution in [-0.4, -0.2) is 15.6 Å². The Balaban J connectivity index is 1.75. The molecule has 0 amide bonds. The van der Waals surface area contributed by atoms with E-state index in [2.05, 4.69) is 59.2 Å². The Morgan fingerprint density at radius 1 is 1.33 bits per heavy atom. The largest absolute Gasteiger partial charge is 0.333 e. The van der Waals surface area contributed by atoms with Crippen molar-refractivity contribution in [3.63, 3.8) is 0 Å². The van der Waals surface area contributed by atoms with Crippen molar-refractivity contribution in [2.75, 3.05) is 0 Å². The number of fused-ring (bicyclic) bond motifs is 1. The molecular formula is C18H25N3. The van der Waals surface area contributed by atoms with Gasteiger partial charge in [0.05, 0.1) is 6.54 Å². The summed E-state index contributed by atoms with van der Waals surface area (Å²) in [6.45, 7) is 6.24. The van der Waals surface area contributed by atoms with Gasteiger partial charge in [-0.25, -0.2) is 4.98 Å². The molecule has 1 N–H and O–H groups in total. The molecule has 1 heterocycles. The maximum absolute atomic E-state index is 4.51. The van der Waals surface area contributed by atoms with E-state index in [4.69, 9.17) is 0 Å². The molecule has 1 aromatic heterocycles. The lowest BCUT2D eigenvalue weighted by molar-refractivity contribution is 0.463. The van der Waals surface area contributed by atoms with Gasteiger partial charge in [-0.15, -0.1) is 0 Å². The summed E-state index contributed by atoms with van der Waals surface area (Å²) < 4.78 is 2.32. The van der Waals surface area contributed by atoms with E-state index in [0.29, 0.717) is 12.0 Å². The van der Waals surface area contributed by atoms with Gasteiger partial charge in [-0.05, 0) is 30.4 Å². The molecule has 0 fully saturated rings. The van der Waals surface area contributed by atoms with E-state index in [9.17, 15) is 0 Å². The van der Waals surface area contributed by atoms with Crippen LogP contribution in [0.3, 0.4) is 0 Å². The first-order valence-electron chi connectivity index (χ1n) is 8.05. The summed E-state index contributed by atoms with van der Waals surface area (Å²) in [6.07, 6.45) is 7.86. The fraction of sp³-hybridized carbons (Fsp3) is 0.500. The van der Waals surface area contributed by atoms with Crippen molar-refractivity contribution in [3.8, 4) is 0 Å². The molecule has 1 unspecified atom stereocenters. The average molecular weight is 283 g/mol. The molecule has 0 aliphatic heterocycles. The monoisotopic (exact) mass is 283 g/mol. The highest BCUT2D eigenvalue weighted by molar-refractivity contribution is 5.32. The lowest BCUT2D eigenvalue weighted by Gasteiger charge is -2.26. The SMILES string of the molecule is CC(C)NCc1nccn1CC1CCCc2ccccc21. The van der Waals surface area contributed by atoms with Crippen LogP contribution in [0.25, 0.3) is 0 Å². The van der Waals surface area contributed by atoms with Crippen molar-refractivity contribution in [1.29, 1.82) is 0 Å². The van der Waals surface area contributed by atoms with Gasteiger partial charge < -0.3 is 9.88 Å². The molecule has 3 rings (SSSR count). The minimum atomic E-state index is 0.491. The third-order valence-electron chi connectivity index (χ3n) is 4.38. The van der Waals surface area contributed by atoms with E-state index < -0.39 is 0 Å². The number of nitrogens with one attached hydrogen (secondary N) is 1. The lowest BCUT2D eigenvalue weighted by Crippen LogP contribution is -2.25. The summed E-state index contributed by atoms with van der Waals surface area (Å²) in [7, 11) is 0. The van der Waals surface area contributed by atoms with Crippen LogP contribution in [-0.2, 0) is 19.5 Å². The summed E-state index contributed by atoms with van der Waals surface area (Å²) in [5.74, 6) is 1.77. The number of aryl methyl sites for hydroxylation is 1. The average Bonchev–Trinajstić information content (AvgIpc) is 2.93. The van der Waals surface area contributed by atoms with Gasteiger partial charge in [0.2, 0.25) is 0 Å². The summed E-state index contributed by atoms with van der Waals surface area (Å²) in [4.78, 5) is 4.51. The molecule has 1 aliphatic carbocycles. The van der Waals surface area contributed by atoms with E-state index in [-0.39, 0.29) is 0 Å². The van der Waals surface area contributed by atoms with Crippen LogP contribution < -0.4 is 5.32 Å². The number of rotatable bonds is 5. The predicted molar refractivity (Wildman–Crippen MR) is 86.3 cm³/mol. The van der Waals surface area contributed by atoms with Gasteiger partial charge in [0.1, 0.15) is 5.82 Å². The first-order chi connectivity index (χ1) is 10.2. The first kappa shape index (κ1) is 14.3. The Morgan fingerprint density at radius 2 is 2.19 bits per heavy atom. The van der Waals surface area contributed by atoms with E-state index in [1.165, 1.54) is 24.8 Å². The summed E-state index contributed by atoms with van der Waals surface area (Å²) in [5.41, 5.74) is 3.08. The zero-order valence-corrected chi connectivity index (χ0v) is 13.0. The van der Waals surface area contributed by atoms with Gasteiger partial charge in [-0.2, -0.15) is 0 Å². The highest BCUT2D eigenvalue weighted by Gasteiger charge is 2.20. The Kier molecular flexibility index (Phi) is 4.39. The topological polar surface area (TPSA) is 29.9 Å². The number of imidazole rings is 1. The summed E-state index contributed by atoms with van der Waals surface area (Å²) in [6, 6.07) is 9.42.